The van der Waals surface area contributed by atoms with Crippen molar-refractivity contribution in [2.75, 3.05) is 32.7 Å². The third kappa shape index (κ3) is 3.44. The first-order chi connectivity index (χ1) is 10.7. The molecule has 0 bridgehead atoms. The summed E-state index contributed by atoms with van der Waals surface area (Å²) >= 11 is 0. The van der Waals surface area contributed by atoms with Gasteiger partial charge in [0.05, 0.1) is 0 Å². The van der Waals surface area contributed by atoms with Crippen LogP contribution >= 0.6 is 0 Å². The third-order valence-electron chi connectivity index (χ3n) is 4.26. The van der Waals surface area contributed by atoms with E-state index in [-0.39, 0.29) is 17.9 Å². The van der Waals surface area contributed by atoms with Gasteiger partial charge in [0.25, 0.3) is 11.8 Å². The molecule has 1 aliphatic carbocycles. The Labute approximate surface area is 130 Å². The first-order valence-electron chi connectivity index (χ1n) is 7.96. The van der Waals surface area contributed by atoms with Crippen molar-refractivity contribution in [3.8, 4) is 0 Å². The molecule has 2 heterocycles. The standard InChI is InChI=1S/C16H22N4O2/c1-2-19-7-9-20(10-8-19)16(22)12-5-6-17-14(11-12)15(21)18-13-3-4-13/h5-6,11,13H,2-4,7-10H2,1H3,(H,18,21). The van der Waals surface area contributed by atoms with Gasteiger partial charge in [0.2, 0.25) is 0 Å². The van der Waals surface area contributed by atoms with Crippen LogP contribution < -0.4 is 5.32 Å². The van der Waals surface area contributed by atoms with Crippen LogP contribution in [0.2, 0.25) is 0 Å². The lowest BCUT2D eigenvalue weighted by molar-refractivity contribution is 0.0643. The summed E-state index contributed by atoms with van der Waals surface area (Å²) in [5, 5.41) is 2.90. The monoisotopic (exact) mass is 302 g/mol. The van der Waals surface area contributed by atoms with E-state index in [2.05, 4.69) is 22.1 Å². The summed E-state index contributed by atoms with van der Waals surface area (Å²) in [5.74, 6) is -0.202. The normalized spacial score (nSPS) is 19.0. The van der Waals surface area contributed by atoms with Crippen molar-refractivity contribution in [2.45, 2.75) is 25.8 Å². The van der Waals surface area contributed by atoms with Gasteiger partial charge >= 0.3 is 0 Å². The molecule has 1 N–H and O–H groups in total. The lowest BCUT2D eigenvalue weighted by atomic mass is 10.1. The van der Waals surface area contributed by atoms with Gasteiger partial charge in [0.1, 0.15) is 5.69 Å². The Morgan fingerprint density at radius 2 is 2.00 bits per heavy atom. The zero-order valence-electron chi connectivity index (χ0n) is 12.9. The van der Waals surface area contributed by atoms with Crippen molar-refractivity contribution in [1.82, 2.24) is 20.1 Å². The highest BCUT2D eigenvalue weighted by Crippen LogP contribution is 2.19. The minimum atomic E-state index is -0.187. The molecule has 1 aromatic rings. The second-order valence-corrected chi connectivity index (χ2v) is 5.90. The van der Waals surface area contributed by atoms with Gasteiger partial charge in [0.15, 0.2) is 0 Å². The molecule has 2 amide bonds. The number of pyridine rings is 1. The van der Waals surface area contributed by atoms with E-state index in [1.54, 1.807) is 12.1 Å². The summed E-state index contributed by atoms with van der Waals surface area (Å²) in [4.78, 5) is 32.8. The molecule has 0 unspecified atom stereocenters. The number of nitrogens with zero attached hydrogens (tertiary/aromatic N) is 3. The maximum Gasteiger partial charge on any atom is 0.270 e. The molecule has 2 fully saturated rings. The second kappa shape index (κ2) is 6.44. The van der Waals surface area contributed by atoms with Gasteiger partial charge in [0, 0.05) is 44.0 Å². The van der Waals surface area contributed by atoms with Crippen molar-refractivity contribution < 1.29 is 9.59 Å². The summed E-state index contributed by atoms with van der Waals surface area (Å²) in [6, 6.07) is 3.57. The summed E-state index contributed by atoms with van der Waals surface area (Å²) in [5.41, 5.74) is 0.867. The van der Waals surface area contributed by atoms with E-state index in [1.807, 2.05) is 4.90 Å². The Hall–Kier alpha value is -1.95. The Morgan fingerprint density at radius 1 is 1.27 bits per heavy atom. The van der Waals surface area contributed by atoms with E-state index in [4.69, 9.17) is 0 Å². The molecule has 0 aromatic carbocycles. The summed E-state index contributed by atoms with van der Waals surface area (Å²) in [6.45, 7) is 6.43. The van der Waals surface area contributed by atoms with Gasteiger partial charge in [-0.05, 0) is 31.5 Å². The lowest BCUT2D eigenvalue weighted by Gasteiger charge is -2.34. The molecule has 0 radical (unpaired) electrons. The second-order valence-electron chi connectivity index (χ2n) is 5.90. The fourth-order valence-corrected chi connectivity index (χ4v) is 2.62. The van der Waals surface area contributed by atoms with Gasteiger partial charge in [-0.1, -0.05) is 6.92 Å². The van der Waals surface area contributed by atoms with Gasteiger partial charge in [-0.15, -0.1) is 0 Å². The smallest absolute Gasteiger partial charge is 0.270 e. The number of carbonyl (C=O) groups is 2. The molecule has 0 spiro atoms. The van der Waals surface area contributed by atoms with Crippen LogP contribution in [0.4, 0.5) is 0 Å². The summed E-state index contributed by atoms with van der Waals surface area (Å²) < 4.78 is 0. The number of hydrogen-bond acceptors (Lipinski definition) is 4. The number of piperazine rings is 1. The van der Waals surface area contributed by atoms with Crippen LogP contribution in [0.3, 0.4) is 0 Å². The van der Waals surface area contributed by atoms with Crippen molar-refractivity contribution in [3.05, 3.63) is 29.6 Å². The van der Waals surface area contributed by atoms with Crippen molar-refractivity contribution in [1.29, 1.82) is 0 Å². The maximum absolute atomic E-state index is 12.6. The number of likely N-dealkylation sites (N-methyl/N-ethyl adjacent to an activating group) is 1. The molecule has 1 saturated heterocycles. The summed E-state index contributed by atoms with van der Waals surface area (Å²) in [7, 11) is 0. The SMILES string of the molecule is CCN1CCN(C(=O)c2ccnc(C(=O)NC3CC3)c2)CC1. The van der Waals surface area contributed by atoms with E-state index >= 15 is 0 Å². The first kappa shape index (κ1) is 15.0. The highest BCUT2D eigenvalue weighted by Gasteiger charge is 2.25. The molecule has 2 aliphatic rings. The maximum atomic E-state index is 12.6. The minimum Gasteiger partial charge on any atom is -0.348 e. The summed E-state index contributed by atoms with van der Waals surface area (Å²) in [6.07, 6.45) is 3.61. The Bertz CT molecular complexity index is 563. The molecule has 0 atom stereocenters. The van der Waals surface area contributed by atoms with Crippen molar-refractivity contribution >= 4 is 11.8 Å². The molecule has 6 nitrogen and oxygen atoms in total. The number of amides is 2. The van der Waals surface area contributed by atoms with Crippen molar-refractivity contribution in [2.24, 2.45) is 0 Å². The number of rotatable bonds is 4. The highest BCUT2D eigenvalue weighted by molar-refractivity contribution is 5.98. The fraction of sp³-hybridized carbons (Fsp3) is 0.562. The van der Waals surface area contributed by atoms with Gasteiger partial charge in [-0.3, -0.25) is 14.6 Å². The molecule has 1 aliphatic heterocycles. The van der Waals surface area contributed by atoms with E-state index in [0.29, 0.717) is 11.3 Å². The van der Waals surface area contributed by atoms with E-state index in [9.17, 15) is 9.59 Å². The van der Waals surface area contributed by atoms with Crippen LogP contribution in [0.5, 0.6) is 0 Å². The lowest BCUT2D eigenvalue weighted by Crippen LogP contribution is -2.48. The predicted octanol–water partition coefficient (Wildman–Crippen LogP) is 0.751. The van der Waals surface area contributed by atoms with E-state index < -0.39 is 0 Å². The van der Waals surface area contributed by atoms with Crippen LogP contribution in [0.15, 0.2) is 18.3 Å². The van der Waals surface area contributed by atoms with E-state index in [0.717, 1.165) is 45.6 Å². The third-order valence-corrected chi connectivity index (χ3v) is 4.26. The molecule has 118 valence electrons. The first-order valence-corrected chi connectivity index (χ1v) is 7.96. The van der Waals surface area contributed by atoms with Crippen LogP contribution in [0, 0.1) is 0 Å². The van der Waals surface area contributed by atoms with Crippen LogP contribution in [-0.4, -0.2) is 65.4 Å². The van der Waals surface area contributed by atoms with Gasteiger partial charge < -0.3 is 15.1 Å². The zero-order chi connectivity index (χ0) is 15.5. The number of hydrogen-bond donors (Lipinski definition) is 1. The molecule has 1 aromatic heterocycles. The molecular weight excluding hydrogens is 280 g/mol. The van der Waals surface area contributed by atoms with Gasteiger partial charge in [-0.2, -0.15) is 0 Å². The Kier molecular flexibility index (Phi) is 4.38. The zero-order valence-corrected chi connectivity index (χ0v) is 12.9. The van der Waals surface area contributed by atoms with Gasteiger partial charge in [-0.25, -0.2) is 0 Å². The van der Waals surface area contributed by atoms with E-state index in [1.165, 1.54) is 6.20 Å². The average Bonchev–Trinajstić information content (AvgIpc) is 3.38. The van der Waals surface area contributed by atoms with Crippen LogP contribution in [0.1, 0.15) is 40.6 Å². The molecule has 1 saturated carbocycles. The molecule has 6 heteroatoms. The van der Waals surface area contributed by atoms with Crippen LogP contribution in [0.25, 0.3) is 0 Å². The number of aromatic nitrogens is 1. The van der Waals surface area contributed by atoms with Crippen molar-refractivity contribution in [3.63, 3.8) is 0 Å². The number of nitrogens with one attached hydrogen (secondary N) is 1. The highest BCUT2D eigenvalue weighted by atomic mass is 16.2. The molecular formula is C16H22N4O2. The quantitative estimate of drug-likeness (QED) is 0.891. The largest absolute Gasteiger partial charge is 0.348 e. The Balaban J connectivity index is 1.66. The fourth-order valence-electron chi connectivity index (χ4n) is 2.62. The topological polar surface area (TPSA) is 65.5 Å². The predicted molar refractivity (Wildman–Crippen MR) is 82.7 cm³/mol. The molecule has 3 rings (SSSR count). The minimum absolute atomic E-state index is 0.0152. The Morgan fingerprint density at radius 3 is 2.64 bits per heavy atom. The molecule has 22 heavy (non-hydrogen) atoms. The number of carbonyl (C=O) groups excluding carboxylic acids is 2. The average molecular weight is 302 g/mol. The van der Waals surface area contributed by atoms with Crippen LogP contribution in [-0.2, 0) is 0 Å².